The predicted octanol–water partition coefficient (Wildman–Crippen LogP) is 1.60. The molecule has 1 heterocycles. The molecule has 1 aromatic heterocycles. The molecule has 0 saturated heterocycles. The molecule has 0 unspecified atom stereocenters. The van der Waals surface area contributed by atoms with E-state index in [1.807, 2.05) is 26.0 Å². The van der Waals surface area contributed by atoms with Crippen LogP contribution >= 0.6 is 0 Å². The van der Waals surface area contributed by atoms with Gasteiger partial charge in [-0.15, -0.1) is 0 Å². The summed E-state index contributed by atoms with van der Waals surface area (Å²) >= 11 is 0. The maximum atomic E-state index is 11.8. The molecule has 0 atom stereocenters. The van der Waals surface area contributed by atoms with Gasteiger partial charge in [0.05, 0.1) is 0 Å². The van der Waals surface area contributed by atoms with Gasteiger partial charge in [-0.25, -0.2) is 0 Å². The molecule has 2 rings (SSSR count). The van der Waals surface area contributed by atoms with Crippen molar-refractivity contribution >= 4 is 10.8 Å². The van der Waals surface area contributed by atoms with Gasteiger partial charge in [0.1, 0.15) is 0 Å². The summed E-state index contributed by atoms with van der Waals surface area (Å²) in [5.41, 5.74) is 8.46. The van der Waals surface area contributed by atoms with Crippen LogP contribution in [0.25, 0.3) is 10.8 Å². The Kier molecular flexibility index (Phi) is 2.32. The summed E-state index contributed by atoms with van der Waals surface area (Å²) in [7, 11) is 0. The van der Waals surface area contributed by atoms with Crippen LogP contribution in [0.15, 0.2) is 23.0 Å². The van der Waals surface area contributed by atoms with Crippen molar-refractivity contribution in [2.75, 3.05) is 0 Å². The number of aromatic nitrogens is 1. The third kappa shape index (κ3) is 1.66. The minimum Gasteiger partial charge on any atom is -0.325 e. The summed E-state index contributed by atoms with van der Waals surface area (Å²) in [6, 6.07) is 5.93. The zero-order valence-electron chi connectivity index (χ0n) is 8.92. The van der Waals surface area contributed by atoms with Crippen LogP contribution in [0.5, 0.6) is 0 Å². The third-order valence-corrected chi connectivity index (χ3v) is 2.59. The Morgan fingerprint density at radius 1 is 1.20 bits per heavy atom. The van der Waals surface area contributed by atoms with Crippen LogP contribution in [0.1, 0.15) is 16.8 Å². The van der Waals surface area contributed by atoms with Crippen LogP contribution in [0, 0.1) is 13.8 Å². The van der Waals surface area contributed by atoms with E-state index in [1.54, 1.807) is 0 Å². The third-order valence-electron chi connectivity index (χ3n) is 2.59. The van der Waals surface area contributed by atoms with Gasteiger partial charge in [-0.3, -0.25) is 4.79 Å². The summed E-state index contributed by atoms with van der Waals surface area (Å²) in [6.07, 6.45) is 0. The zero-order chi connectivity index (χ0) is 11.0. The fraction of sp³-hybridized carbons (Fsp3) is 0.250. The van der Waals surface area contributed by atoms with Crippen molar-refractivity contribution in [3.05, 3.63) is 45.4 Å². The second-order valence-electron chi connectivity index (χ2n) is 3.87. The highest BCUT2D eigenvalue weighted by molar-refractivity contribution is 5.85. The Morgan fingerprint density at radius 2 is 1.93 bits per heavy atom. The number of hydrogen-bond donors (Lipinski definition) is 2. The van der Waals surface area contributed by atoms with Gasteiger partial charge < -0.3 is 10.7 Å². The molecule has 0 spiro atoms. The van der Waals surface area contributed by atoms with Crippen LogP contribution in [-0.4, -0.2) is 4.98 Å². The summed E-state index contributed by atoms with van der Waals surface area (Å²) in [4.78, 5) is 14.5. The lowest BCUT2D eigenvalue weighted by Gasteiger charge is -2.05. The maximum absolute atomic E-state index is 11.8. The molecule has 3 nitrogen and oxygen atoms in total. The molecule has 0 aliphatic heterocycles. The van der Waals surface area contributed by atoms with E-state index in [0.717, 1.165) is 27.6 Å². The number of hydrogen-bond acceptors (Lipinski definition) is 2. The first-order valence-electron chi connectivity index (χ1n) is 4.95. The highest BCUT2D eigenvalue weighted by Gasteiger charge is 2.04. The molecule has 0 aliphatic carbocycles. The summed E-state index contributed by atoms with van der Waals surface area (Å²) in [6.45, 7) is 4.36. The van der Waals surface area contributed by atoms with Crippen LogP contribution in [0.2, 0.25) is 0 Å². The van der Waals surface area contributed by atoms with E-state index in [9.17, 15) is 4.79 Å². The smallest absolute Gasteiger partial charge is 0.256 e. The summed E-state index contributed by atoms with van der Waals surface area (Å²) in [5.74, 6) is 0. The van der Waals surface area contributed by atoms with E-state index in [-0.39, 0.29) is 5.56 Å². The molecule has 3 N–H and O–H groups in total. The lowest BCUT2D eigenvalue weighted by Crippen LogP contribution is -2.12. The number of rotatable bonds is 1. The van der Waals surface area contributed by atoms with Crippen molar-refractivity contribution in [1.29, 1.82) is 0 Å². The van der Waals surface area contributed by atoms with Crippen LogP contribution < -0.4 is 11.3 Å². The zero-order valence-corrected chi connectivity index (χ0v) is 8.92. The fourth-order valence-corrected chi connectivity index (χ4v) is 1.89. The van der Waals surface area contributed by atoms with Gasteiger partial charge in [0.25, 0.3) is 5.56 Å². The Balaban J connectivity index is 2.91. The molecule has 3 heteroatoms. The topological polar surface area (TPSA) is 58.9 Å². The Hall–Kier alpha value is -1.61. The summed E-state index contributed by atoms with van der Waals surface area (Å²) in [5, 5.41) is 1.73. The van der Waals surface area contributed by atoms with Gasteiger partial charge in [0.2, 0.25) is 0 Å². The molecule has 0 radical (unpaired) electrons. The van der Waals surface area contributed by atoms with Crippen molar-refractivity contribution in [2.24, 2.45) is 5.73 Å². The monoisotopic (exact) mass is 202 g/mol. The van der Waals surface area contributed by atoms with Gasteiger partial charge in [-0.1, -0.05) is 11.6 Å². The van der Waals surface area contributed by atoms with E-state index in [2.05, 4.69) is 11.1 Å². The predicted molar refractivity (Wildman–Crippen MR) is 61.9 cm³/mol. The quantitative estimate of drug-likeness (QED) is 0.738. The van der Waals surface area contributed by atoms with Crippen molar-refractivity contribution < 1.29 is 0 Å². The van der Waals surface area contributed by atoms with Crippen molar-refractivity contribution in [1.82, 2.24) is 4.98 Å². The Labute approximate surface area is 87.9 Å². The molecule has 0 fully saturated rings. The van der Waals surface area contributed by atoms with E-state index >= 15 is 0 Å². The minimum atomic E-state index is -0.0558. The lowest BCUT2D eigenvalue weighted by molar-refractivity contribution is 0.982. The molecule has 78 valence electrons. The number of aryl methyl sites for hydroxylation is 2. The number of benzene rings is 1. The molecule has 0 bridgehead atoms. The van der Waals surface area contributed by atoms with Gasteiger partial charge >= 0.3 is 0 Å². The van der Waals surface area contributed by atoms with Gasteiger partial charge in [-0.2, -0.15) is 0 Å². The van der Waals surface area contributed by atoms with Crippen LogP contribution in [0.3, 0.4) is 0 Å². The fourth-order valence-electron chi connectivity index (χ4n) is 1.89. The van der Waals surface area contributed by atoms with Crippen molar-refractivity contribution in [3.8, 4) is 0 Å². The molecular weight excluding hydrogens is 188 g/mol. The lowest BCUT2D eigenvalue weighted by atomic mass is 10.0. The number of fused-ring (bicyclic) bond motifs is 1. The molecular formula is C12H14N2O. The van der Waals surface area contributed by atoms with E-state index in [4.69, 9.17) is 5.73 Å². The second kappa shape index (κ2) is 3.51. The molecule has 1 aromatic carbocycles. The largest absolute Gasteiger partial charge is 0.325 e. The SMILES string of the molecule is Cc1cc(C)c2cc(CN)[nH]c(=O)c2c1. The summed E-state index contributed by atoms with van der Waals surface area (Å²) < 4.78 is 0. The number of H-pyrrole nitrogens is 1. The Bertz CT molecular complexity index is 570. The number of nitrogens with one attached hydrogen (secondary N) is 1. The van der Waals surface area contributed by atoms with Gasteiger partial charge in [0, 0.05) is 17.6 Å². The molecule has 2 aromatic rings. The van der Waals surface area contributed by atoms with E-state index in [1.165, 1.54) is 0 Å². The second-order valence-corrected chi connectivity index (χ2v) is 3.87. The average molecular weight is 202 g/mol. The van der Waals surface area contributed by atoms with E-state index < -0.39 is 0 Å². The molecule has 0 amide bonds. The highest BCUT2D eigenvalue weighted by atomic mass is 16.1. The number of aromatic amines is 1. The van der Waals surface area contributed by atoms with Crippen molar-refractivity contribution in [2.45, 2.75) is 20.4 Å². The average Bonchev–Trinajstić information content (AvgIpc) is 2.19. The van der Waals surface area contributed by atoms with E-state index in [0.29, 0.717) is 6.54 Å². The molecule has 0 aliphatic rings. The van der Waals surface area contributed by atoms with Gasteiger partial charge in [0.15, 0.2) is 0 Å². The highest BCUT2D eigenvalue weighted by Crippen LogP contribution is 2.17. The minimum absolute atomic E-state index is 0.0558. The number of pyridine rings is 1. The molecule has 15 heavy (non-hydrogen) atoms. The number of nitrogens with two attached hydrogens (primary N) is 1. The first-order valence-corrected chi connectivity index (χ1v) is 4.95. The normalized spacial score (nSPS) is 10.9. The first-order chi connectivity index (χ1) is 7.11. The molecule has 0 saturated carbocycles. The Morgan fingerprint density at radius 3 is 2.60 bits per heavy atom. The maximum Gasteiger partial charge on any atom is 0.256 e. The van der Waals surface area contributed by atoms with Crippen LogP contribution in [0.4, 0.5) is 0 Å². The first kappa shape index (κ1) is 9.93. The van der Waals surface area contributed by atoms with Crippen molar-refractivity contribution in [3.63, 3.8) is 0 Å². The standard InChI is InChI=1S/C12H14N2O/c1-7-3-8(2)10-5-9(6-13)14-12(15)11(10)4-7/h3-5H,6,13H2,1-2H3,(H,14,15). The van der Waals surface area contributed by atoms with Gasteiger partial charge in [-0.05, 0) is 36.9 Å². The van der Waals surface area contributed by atoms with Crippen LogP contribution in [-0.2, 0) is 6.54 Å².